The van der Waals surface area contributed by atoms with E-state index in [9.17, 15) is 19.2 Å². The maximum Gasteiger partial charge on any atom is 0.433 e. The van der Waals surface area contributed by atoms with Crippen LogP contribution in [0, 0.1) is 0 Å². The largest absolute Gasteiger partial charge is 0.433 e. The Balaban J connectivity index is 3.69. The van der Waals surface area contributed by atoms with E-state index in [1.807, 2.05) is 0 Å². The fourth-order valence-corrected chi connectivity index (χ4v) is 0.161. The SMILES string of the molecule is NC(=O)C(=O)OOOC(=O)C(N)=O. The standard InChI is InChI=1S/C4H4N2O7/c5-1(7)3(9)11-13-12-4(10)2(6)8/h(H2,5,7)(H2,6,8). The lowest BCUT2D eigenvalue weighted by Crippen LogP contribution is -2.29. The Morgan fingerprint density at radius 1 is 0.769 bits per heavy atom. The normalized spacial score (nSPS) is 8.62. The fourth-order valence-electron chi connectivity index (χ4n) is 0.161. The molecular formula is C4H4N2O7. The summed E-state index contributed by atoms with van der Waals surface area (Å²) in [4.78, 5) is 47.1. The molecule has 0 aliphatic heterocycles. The summed E-state index contributed by atoms with van der Waals surface area (Å²) in [6.45, 7) is 0. The molecule has 0 aliphatic rings. The quantitative estimate of drug-likeness (QED) is 0.267. The number of amides is 2. The predicted octanol–water partition coefficient (Wildman–Crippen LogP) is -3.11. The average molecular weight is 192 g/mol. The van der Waals surface area contributed by atoms with Crippen molar-refractivity contribution in [3.63, 3.8) is 0 Å². The first-order valence-electron chi connectivity index (χ1n) is 2.64. The fraction of sp³-hybridized carbons (Fsp3) is 0. The summed E-state index contributed by atoms with van der Waals surface area (Å²) in [5, 5.41) is 3.38. The van der Waals surface area contributed by atoms with Gasteiger partial charge < -0.3 is 11.5 Å². The van der Waals surface area contributed by atoms with Gasteiger partial charge in [0.25, 0.3) is 0 Å². The number of carbonyl (C=O) groups is 4. The van der Waals surface area contributed by atoms with Crippen molar-refractivity contribution in [2.45, 2.75) is 0 Å². The Morgan fingerprint density at radius 2 is 1.08 bits per heavy atom. The Hall–Kier alpha value is -2.16. The van der Waals surface area contributed by atoms with Crippen molar-refractivity contribution in [3.05, 3.63) is 0 Å². The zero-order valence-electron chi connectivity index (χ0n) is 6.01. The van der Waals surface area contributed by atoms with Gasteiger partial charge in [-0.05, 0) is 0 Å². The molecule has 0 aromatic carbocycles. The van der Waals surface area contributed by atoms with Gasteiger partial charge in [0.1, 0.15) is 0 Å². The van der Waals surface area contributed by atoms with Crippen molar-refractivity contribution >= 4 is 23.8 Å². The first kappa shape index (κ1) is 10.8. The minimum absolute atomic E-state index is 1.46. The summed E-state index contributed by atoms with van der Waals surface area (Å²) in [6, 6.07) is 0. The van der Waals surface area contributed by atoms with E-state index in [1.54, 1.807) is 0 Å². The van der Waals surface area contributed by atoms with Gasteiger partial charge in [-0.1, -0.05) is 0 Å². The maximum atomic E-state index is 10.2. The summed E-state index contributed by atoms with van der Waals surface area (Å²) < 4.78 is 0. The van der Waals surface area contributed by atoms with Crippen molar-refractivity contribution in [2.75, 3.05) is 0 Å². The molecule has 2 amide bonds. The summed E-state index contributed by atoms with van der Waals surface area (Å²) in [5.41, 5.74) is 8.77. The monoisotopic (exact) mass is 192 g/mol. The molecule has 0 heterocycles. The Labute approximate surface area is 70.4 Å². The zero-order valence-corrected chi connectivity index (χ0v) is 6.01. The molecule has 9 nitrogen and oxygen atoms in total. The second-order valence-corrected chi connectivity index (χ2v) is 1.54. The molecule has 0 rings (SSSR count). The summed E-state index contributed by atoms with van der Waals surface area (Å²) in [5.74, 6) is -6.13. The number of nitrogens with two attached hydrogens (primary N) is 2. The first-order valence-corrected chi connectivity index (χ1v) is 2.64. The minimum atomic E-state index is -1.60. The first-order chi connectivity index (χ1) is 5.95. The van der Waals surface area contributed by atoms with Crippen LogP contribution in [0.5, 0.6) is 0 Å². The lowest BCUT2D eigenvalue weighted by atomic mass is 10.7. The van der Waals surface area contributed by atoms with E-state index in [-0.39, 0.29) is 0 Å². The van der Waals surface area contributed by atoms with Gasteiger partial charge in [-0.25, -0.2) is 19.4 Å². The summed E-state index contributed by atoms with van der Waals surface area (Å²) >= 11 is 0. The molecule has 9 heteroatoms. The van der Waals surface area contributed by atoms with Crippen LogP contribution in [-0.4, -0.2) is 23.8 Å². The third-order valence-electron chi connectivity index (χ3n) is 0.622. The molecule has 4 N–H and O–H groups in total. The molecule has 0 aromatic heterocycles. The highest BCUT2D eigenvalue weighted by Crippen LogP contribution is 1.83. The molecule has 0 saturated carbocycles. The molecule has 0 fully saturated rings. The van der Waals surface area contributed by atoms with Gasteiger partial charge >= 0.3 is 23.8 Å². The lowest BCUT2D eigenvalue weighted by Gasteiger charge is -1.96. The Bertz CT molecular complexity index is 233. The third-order valence-corrected chi connectivity index (χ3v) is 0.622. The molecular weight excluding hydrogens is 188 g/mol. The molecule has 0 bridgehead atoms. The second kappa shape index (κ2) is 4.66. The van der Waals surface area contributed by atoms with Gasteiger partial charge in [0.05, 0.1) is 0 Å². The van der Waals surface area contributed by atoms with E-state index in [0.29, 0.717) is 0 Å². The van der Waals surface area contributed by atoms with E-state index < -0.39 is 23.8 Å². The van der Waals surface area contributed by atoms with Crippen molar-refractivity contribution in [2.24, 2.45) is 11.5 Å². The van der Waals surface area contributed by atoms with Gasteiger partial charge in [-0.3, -0.25) is 9.59 Å². The highest BCUT2D eigenvalue weighted by Gasteiger charge is 2.16. The molecule has 0 saturated heterocycles. The zero-order chi connectivity index (χ0) is 10.4. The Kier molecular flexibility index (Phi) is 3.89. The van der Waals surface area contributed by atoms with Crippen LogP contribution in [0.2, 0.25) is 0 Å². The number of hydrogen-bond donors (Lipinski definition) is 2. The smallest absolute Gasteiger partial charge is 0.360 e. The van der Waals surface area contributed by atoms with Gasteiger partial charge in [0, 0.05) is 5.04 Å². The summed E-state index contributed by atoms with van der Waals surface area (Å²) in [7, 11) is 0. The molecule has 0 atom stereocenters. The number of rotatable bonds is 2. The topological polar surface area (TPSA) is 148 Å². The van der Waals surface area contributed by atoms with Crippen LogP contribution in [-0.2, 0) is 34.0 Å². The number of carbonyl (C=O) groups excluding carboxylic acids is 4. The van der Waals surface area contributed by atoms with Crippen LogP contribution in [0.4, 0.5) is 0 Å². The minimum Gasteiger partial charge on any atom is -0.360 e. The highest BCUT2D eigenvalue weighted by atomic mass is 17.5. The number of primary amides is 2. The lowest BCUT2D eigenvalue weighted by molar-refractivity contribution is -0.455. The molecule has 0 radical (unpaired) electrons. The van der Waals surface area contributed by atoms with Gasteiger partial charge in [-0.15, -0.1) is 0 Å². The molecule has 0 aromatic rings. The molecule has 13 heavy (non-hydrogen) atoms. The molecule has 0 aliphatic carbocycles. The van der Waals surface area contributed by atoms with Crippen molar-refractivity contribution in [3.8, 4) is 0 Å². The van der Waals surface area contributed by atoms with Crippen LogP contribution >= 0.6 is 0 Å². The molecule has 0 spiro atoms. The third kappa shape index (κ3) is 4.31. The van der Waals surface area contributed by atoms with Crippen LogP contribution < -0.4 is 11.5 Å². The summed E-state index contributed by atoms with van der Waals surface area (Å²) in [6.07, 6.45) is 0. The van der Waals surface area contributed by atoms with Gasteiger partial charge in [-0.2, -0.15) is 0 Å². The van der Waals surface area contributed by atoms with Crippen LogP contribution in [0.3, 0.4) is 0 Å². The number of hydrogen-bond acceptors (Lipinski definition) is 7. The molecule has 72 valence electrons. The van der Waals surface area contributed by atoms with Crippen molar-refractivity contribution in [1.82, 2.24) is 0 Å². The van der Waals surface area contributed by atoms with E-state index in [1.165, 1.54) is 0 Å². The van der Waals surface area contributed by atoms with Crippen LogP contribution in [0.15, 0.2) is 0 Å². The average Bonchev–Trinajstić information content (AvgIpc) is 2.03. The van der Waals surface area contributed by atoms with Crippen molar-refractivity contribution < 1.29 is 34.0 Å². The van der Waals surface area contributed by atoms with E-state index in [4.69, 9.17) is 0 Å². The van der Waals surface area contributed by atoms with Crippen LogP contribution in [0.1, 0.15) is 0 Å². The molecule has 0 unspecified atom stereocenters. The van der Waals surface area contributed by atoms with Crippen LogP contribution in [0.25, 0.3) is 0 Å². The van der Waals surface area contributed by atoms with Crippen molar-refractivity contribution in [1.29, 1.82) is 0 Å². The highest BCUT2D eigenvalue weighted by molar-refractivity contribution is 6.32. The van der Waals surface area contributed by atoms with E-state index >= 15 is 0 Å². The van der Waals surface area contributed by atoms with E-state index in [0.717, 1.165) is 0 Å². The predicted molar refractivity (Wildman–Crippen MR) is 31.7 cm³/mol. The van der Waals surface area contributed by atoms with Gasteiger partial charge in [0.15, 0.2) is 0 Å². The van der Waals surface area contributed by atoms with E-state index in [2.05, 4.69) is 26.3 Å². The second-order valence-electron chi connectivity index (χ2n) is 1.54. The Morgan fingerprint density at radius 3 is 1.31 bits per heavy atom. The maximum absolute atomic E-state index is 10.2. The van der Waals surface area contributed by atoms with Gasteiger partial charge in [0.2, 0.25) is 0 Å².